The summed E-state index contributed by atoms with van der Waals surface area (Å²) < 4.78 is 14.6. The SMILES string of the molecule is O=P([O-])([O-])Oc1ccc2ccccc2c1.[Na+]. The molecule has 0 heterocycles. The Kier molecular flexibility index (Phi) is 4.56. The molecule has 0 aliphatic carbocycles. The molecule has 2 rings (SSSR count). The van der Waals surface area contributed by atoms with Crippen LogP contribution in [0.3, 0.4) is 0 Å². The summed E-state index contributed by atoms with van der Waals surface area (Å²) in [5, 5.41) is 1.78. The normalized spacial score (nSPS) is 10.9. The summed E-state index contributed by atoms with van der Waals surface area (Å²) >= 11 is 0. The van der Waals surface area contributed by atoms with Crippen molar-refractivity contribution < 1.29 is 48.4 Å². The van der Waals surface area contributed by atoms with Crippen LogP contribution in [0.15, 0.2) is 42.5 Å². The van der Waals surface area contributed by atoms with Gasteiger partial charge in [0.2, 0.25) is 0 Å². The van der Waals surface area contributed by atoms with Gasteiger partial charge in [-0.3, -0.25) is 0 Å². The van der Waals surface area contributed by atoms with Gasteiger partial charge in [-0.15, -0.1) is 0 Å². The molecule has 0 aliphatic rings. The monoisotopic (exact) mass is 245 g/mol. The van der Waals surface area contributed by atoms with Crippen molar-refractivity contribution in [3.63, 3.8) is 0 Å². The molecular weight excluding hydrogens is 238 g/mol. The quantitative estimate of drug-likeness (QED) is 0.455. The van der Waals surface area contributed by atoms with Gasteiger partial charge in [0.25, 0.3) is 0 Å². The van der Waals surface area contributed by atoms with Crippen LogP contribution in [0.2, 0.25) is 0 Å². The van der Waals surface area contributed by atoms with Gasteiger partial charge in [0.15, 0.2) is 0 Å². The molecule has 6 heteroatoms. The molecule has 4 nitrogen and oxygen atoms in total. The maximum Gasteiger partial charge on any atom is 1.00 e. The van der Waals surface area contributed by atoms with E-state index in [2.05, 4.69) is 4.52 Å². The number of fused-ring (bicyclic) bond motifs is 1. The summed E-state index contributed by atoms with van der Waals surface area (Å²) in [5.41, 5.74) is 0. The summed E-state index contributed by atoms with van der Waals surface area (Å²) in [6.45, 7) is 0. The third-order valence-electron chi connectivity index (χ3n) is 1.94. The van der Waals surface area contributed by atoms with E-state index in [1.54, 1.807) is 6.07 Å². The fraction of sp³-hybridized carbons (Fsp3) is 0. The molecule has 0 spiro atoms. The summed E-state index contributed by atoms with van der Waals surface area (Å²) in [7, 11) is -4.97. The molecule has 78 valence electrons. The van der Waals surface area contributed by atoms with Gasteiger partial charge in [-0.25, -0.2) is 0 Å². The molecule has 2 aromatic rings. The van der Waals surface area contributed by atoms with Crippen LogP contribution in [-0.4, -0.2) is 0 Å². The van der Waals surface area contributed by atoms with Gasteiger partial charge < -0.3 is 18.9 Å². The van der Waals surface area contributed by atoms with Crippen molar-refractivity contribution in [3.05, 3.63) is 42.5 Å². The first-order chi connectivity index (χ1) is 7.04. The van der Waals surface area contributed by atoms with E-state index in [0.717, 1.165) is 10.8 Å². The Bertz CT molecular complexity index is 537. The van der Waals surface area contributed by atoms with Gasteiger partial charge in [-0.1, -0.05) is 30.3 Å². The van der Waals surface area contributed by atoms with Crippen molar-refractivity contribution >= 4 is 18.6 Å². The Morgan fingerprint density at radius 2 is 1.62 bits per heavy atom. The molecule has 0 amide bonds. The molecule has 0 aromatic heterocycles. The summed E-state index contributed by atoms with van der Waals surface area (Å²) in [4.78, 5) is 20.8. The standard InChI is InChI=1S/C10H9O4P.Na/c11-15(12,13)14-10-6-5-8-3-1-2-4-9(8)7-10;/h1-7H,(H2,11,12,13);/q;+1/p-2. The van der Waals surface area contributed by atoms with Crippen LogP contribution >= 0.6 is 7.82 Å². The predicted molar refractivity (Wildman–Crippen MR) is 52.2 cm³/mol. The molecule has 0 saturated heterocycles. The molecule has 0 saturated carbocycles. The van der Waals surface area contributed by atoms with Crippen molar-refractivity contribution in [1.82, 2.24) is 0 Å². The minimum absolute atomic E-state index is 0. The van der Waals surface area contributed by atoms with Crippen LogP contribution in [0.5, 0.6) is 5.75 Å². The van der Waals surface area contributed by atoms with E-state index in [9.17, 15) is 14.4 Å². The second-order valence-corrected chi connectivity index (χ2v) is 4.12. The van der Waals surface area contributed by atoms with Gasteiger partial charge in [-0.2, -0.15) is 0 Å². The van der Waals surface area contributed by atoms with Crippen molar-refractivity contribution in [1.29, 1.82) is 0 Å². The van der Waals surface area contributed by atoms with Crippen molar-refractivity contribution in [2.24, 2.45) is 0 Å². The maximum atomic E-state index is 10.4. The third kappa shape index (κ3) is 3.59. The summed E-state index contributed by atoms with van der Waals surface area (Å²) in [6, 6.07) is 12.0. The van der Waals surface area contributed by atoms with Crippen molar-refractivity contribution in [2.45, 2.75) is 0 Å². The average Bonchev–Trinajstić information content (AvgIpc) is 2.15. The zero-order chi connectivity index (χ0) is 10.9. The number of phosphoric ester groups is 1. The fourth-order valence-electron chi connectivity index (χ4n) is 1.35. The zero-order valence-corrected chi connectivity index (χ0v) is 11.5. The second-order valence-electron chi connectivity index (χ2n) is 3.05. The fourth-order valence-corrected chi connectivity index (χ4v) is 1.73. The Labute approximate surface area is 115 Å². The molecule has 0 N–H and O–H groups in total. The van der Waals surface area contributed by atoms with Crippen LogP contribution in [0, 0.1) is 0 Å². The number of phosphoric acid groups is 1. The molecule has 0 atom stereocenters. The van der Waals surface area contributed by atoms with E-state index < -0.39 is 7.82 Å². The molecule has 0 bridgehead atoms. The molecular formula is C10H7NaO4P-. The minimum Gasteiger partial charge on any atom is -0.780 e. The maximum absolute atomic E-state index is 10.4. The number of hydrogen-bond acceptors (Lipinski definition) is 4. The molecule has 0 unspecified atom stereocenters. The first-order valence-corrected chi connectivity index (χ1v) is 5.71. The first-order valence-electron chi connectivity index (χ1n) is 4.25. The zero-order valence-electron chi connectivity index (χ0n) is 8.62. The molecule has 2 aromatic carbocycles. The van der Waals surface area contributed by atoms with Gasteiger partial charge in [-0.05, 0) is 22.9 Å². The average molecular weight is 245 g/mol. The largest absolute Gasteiger partial charge is 1.00 e. The van der Waals surface area contributed by atoms with Crippen LogP contribution in [0.1, 0.15) is 0 Å². The van der Waals surface area contributed by atoms with E-state index in [1.807, 2.05) is 24.3 Å². The Balaban J connectivity index is 0.00000128. The van der Waals surface area contributed by atoms with Crippen molar-refractivity contribution in [2.75, 3.05) is 0 Å². The summed E-state index contributed by atoms with van der Waals surface area (Å²) in [5.74, 6) is 0.0435. The van der Waals surface area contributed by atoms with Crippen LogP contribution in [0.25, 0.3) is 10.8 Å². The van der Waals surface area contributed by atoms with Gasteiger partial charge >= 0.3 is 29.6 Å². The minimum atomic E-state index is -4.97. The third-order valence-corrected chi connectivity index (χ3v) is 2.37. The summed E-state index contributed by atoms with van der Waals surface area (Å²) in [6.07, 6.45) is 0. The van der Waals surface area contributed by atoms with Crippen LogP contribution in [-0.2, 0) is 4.57 Å². The first kappa shape index (κ1) is 13.7. The Morgan fingerprint density at radius 3 is 2.25 bits per heavy atom. The van der Waals surface area contributed by atoms with E-state index in [0.29, 0.717) is 0 Å². The predicted octanol–water partition coefficient (Wildman–Crippen LogP) is -1.95. The Morgan fingerprint density at radius 1 is 1.00 bits per heavy atom. The van der Waals surface area contributed by atoms with Crippen LogP contribution < -0.4 is 43.9 Å². The van der Waals surface area contributed by atoms with Crippen LogP contribution in [0.4, 0.5) is 0 Å². The van der Waals surface area contributed by atoms with E-state index in [-0.39, 0.29) is 35.3 Å². The molecule has 16 heavy (non-hydrogen) atoms. The van der Waals surface area contributed by atoms with E-state index >= 15 is 0 Å². The number of hydrogen-bond donors (Lipinski definition) is 0. The molecule has 0 fully saturated rings. The molecule has 0 aliphatic heterocycles. The van der Waals surface area contributed by atoms with Gasteiger partial charge in [0.1, 0.15) is 13.6 Å². The van der Waals surface area contributed by atoms with Gasteiger partial charge in [0, 0.05) is 0 Å². The van der Waals surface area contributed by atoms with Crippen molar-refractivity contribution in [3.8, 4) is 5.75 Å². The number of rotatable bonds is 2. The van der Waals surface area contributed by atoms with E-state index in [1.165, 1.54) is 12.1 Å². The Hall–Kier alpha value is -0.350. The number of benzene rings is 2. The molecule has 0 radical (unpaired) electrons. The topological polar surface area (TPSA) is 72.4 Å². The van der Waals surface area contributed by atoms with E-state index in [4.69, 9.17) is 0 Å². The smallest absolute Gasteiger partial charge is 0.780 e. The second kappa shape index (κ2) is 5.32. The van der Waals surface area contributed by atoms with Gasteiger partial charge in [0.05, 0.1) is 0 Å².